The number of esters is 1. The summed E-state index contributed by atoms with van der Waals surface area (Å²) in [4.78, 5) is 24.5. The zero-order chi connectivity index (χ0) is 18.7. The summed E-state index contributed by atoms with van der Waals surface area (Å²) in [5.74, 6) is -0.771. The van der Waals surface area contributed by atoms with E-state index in [2.05, 4.69) is 10.1 Å². The molecule has 0 bridgehead atoms. The molecular formula is C20H19NO4S. The van der Waals surface area contributed by atoms with Crippen LogP contribution in [0.5, 0.6) is 0 Å². The number of benzene rings is 2. The lowest BCUT2D eigenvalue weighted by Gasteiger charge is -2.22. The first-order valence-corrected chi connectivity index (χ1v) is 8.90. The summed E-state index contributed by atoms with van der Waals surface area (Å²) in [6, 6.07) is 16.0. The summed E-state index contributed by atoms with van der Waals surface area (Å²) in [7, 11) is 1.30. The van der Waals surface area contributed by atoms with Crippen LogP contribution in [0.3, 0.4) is 0 Å². The fourth-order valence-corrected chi connectivity index (χ4v) is 3.67. The fourth-order valence-electron chi connectivity index (χ4n) is 2.56. The molecule has 0 unspecified atom stereocenters. The van der Waals surface area contributed by atoms with E-state index >= 15 is 0 Å². The van der Waals surface area contributed by atoms with Gasteiger partial charge in [-0.1, -0.05) is 18.2 Å². The van der Waals surface area contributed by atoms with E-state index in [0.29, 0.717) is 11.1 Å². The normalized spacial score (nSPS) is 13.2. The Kier molecular flexibility index (Phi) is 5.06. The molecule has 0 spiro atoms. The van der Waals surface area contributed by atoms with Gasteiger partial charge in [0.2, 0.25) is 0 Å². The number of amides is 1. The smallest absolute Gasteiger partial charge is 0.337 e. The standard InChI is InChI=1S/C20H19NO4S/c1-20(24,17-11-15-5-3-4-6-16(15)26-17)12-21-18(22)13-7-9-14(10-8-13)19(23)25-2/h3-11,24H,12H2,1-2H3,(H,21,22)/t20-/m1/s1. The van der Waals surface area contributed by atoms with E-state index in [9.17, 15) is 14.7 Å². The lowest BCUT2D eigenvalue weighted by molar-refractivity contribution is 0.0557. The SMILES string of the molecule is COC(=O)c1ccc(C(=O)NC[C@@](C)(O)c2cc3ccccc3s2)cc1. The van der Waals surface area contributed by atoms with Crippen molar-refractivity contribution < 1.29 is 19.4 Å². The number of fused-ring (bicyclic) bond motifs is 1. The van der Waals surface area contributed by atoms with Crippen LogP contribution in [0.25, 0.3) is 10.1 Å². The third-order valence-corrected chi connectivity index (χ3v) is 5.49. The van der Waals surface area contributed by atoms with Crippen LogP contribution in [0.2, 0.25) is 0 Å². The minimum Gasteiger partial charge on any atom is -0.465 e. The Bertz CT molecular complexity index is 911. The van der Waals surface area contributed by atoms with Crippen molar-refractivity contribution in [2.45, 2.75) is 12.5 Å². The number of rotatable bonds is 5. The summed E-state index contributed by atoms with van der Waals surface area (Å²) in [6.07, 6.45) is 0. The summed E-state index contributed by atoms with van der Waals surface area (Å²) in [5.41, 5.74) is -0.392. The average Bonchev–Trinajstić information content (AvgIpc) is 3.11. The first kappa shape index (κ1) is 18.1. The van der Waals surface area contributed by atoms with Gasteiger partial charge in [-0.05, 0) is 48.7 Å². The predicted molar refractivity (Wildman–Crippen MR) is 102 cm³/mol. The van der Waals surface area contributed by atoms with Gasteiger partial charge in [-0.2, -0.15) is 0 Å². The van der Waals surface area contributed by atoms with E-state index in [1.54, 1.807) is 19.1 Å². The minimum absolute atomic E-state index is 0.0808. The molecule has 0 radical (unpaired) electrons. The number of hydrogen-bond acceptors (Lipinski definition) is 5. The molecule has 0 fully saturated rings. The lowest BCUT2D eigenvalue weighted by atomic mass is 10.0. The van der Waals surface area contributed by atoms with E-state index in [-0.39, 0.29) is 12.5 Å². The number of aliphatic hydroxyl groups is 1. The first-order valence-electron chi connectivity index (χ1n) is 8.09. The summed E-state index contributed by atoms with van der Waals surface area (Å²) in [6.45, 7) is 1.76. The zero-order valence-electron chi connectivity index (χ0n) is 14.5. The van der Waals surface area contributed by atoms with Crippen LogP contribution in [0.4, 0.5) is 0 Å². The third kappa shape index (κ3) is 3.76. The number of carbonyl (C=O) groups excluding carboxylic acids is 2. The van der Waals surface area contributed by atoms with Crippen molar-refractivity contribution in [2.75, 3.05) is 13.7 Å². The number of hydrogen-bond donors (Lipinski definition) is 2. The third-order valence-electron chi connectivity index (χ3n) is 4.12. The maximum Gasteiger partial charge on any atom is 0.337 e. The van der Waals surface area contributed by atoms with E-state index in [1.165, 1.54) is 30.6 Å². The molecule has 1 aromatic heterocycles. The number of carbonyl (C=O) groups is 2. The molecule has 1 amide bonds. The molecule has 26 heavy (non-hydrogen) atoms. The molecule has 0 aliphatic carbocycles. The monoisotopic (exact) mass is 369 g/mol. The quantitative estimate of drug-likeness (QED) is 0.677. The van der Waals surface area contributed by atoms with Crippen LogP contribution >= 0.6 is 11.3 Å². The van der Waals surface area contributed by atoms with Crippen molar-refractivity contribution >= 4 is 33.3 Å². The van der Waals surface area contributed by atoms with Gasteiger partial charge in [0.1, 0.15) is 5.60 Å². The highest BCUT2D eigenvalue weighted by atomic mass is 32.1. The van der Waals surface area contributed by atoms with Crippen molar-refractivity contribution in [1.29, 1.82) is 0 Å². The molecule has 2 aromatic carbocycles. The topological polar surface area (TPSA) is 75.6 Å². The van der Waals surface area contributed by atoms with Crippen LogP contribution in [0.1, 0.15) is 32.5 Å². The summed E-state index contributed by atoms with van der Waals surface area (Å²) >= 11 is 1.51. The average molecular weight is 369 g/mol. The van der Waals surface area contributed by atoms with Gasteiger partial charge in [-0.3, -0.25) is 4.79 Å². The Morgan fingerprint density at radius 3 is 2.42 bits per heavy atom. The second kappa shape index (κ2) is 7.27. The van der Waals surface area contributed by atoms with E-state index < -0.39 is 11.6 Å². The van der Waals surface area contributed by atoms with Crippen LogP contribution in [0, 0.1) is 0 Å². The molecule has 6 heteroatoms. The van der Waals surface area contributed by atoms with Gasteiger partial charge >= 0.3 is 5.97 Å². The summed E-state index contributed by atoms with van der Waals surface area (Å²) < 4.78 is 5.72. The molecular weight excluding hydrogens is 350 g/mol. The van der Waals surface area contributed by atoms with Gasteiger partial charge in [0, 0.05) is 15.1 Å². The number of thiophene rings is 1. The molecule has 0 saturated heterocycles. The van der Waals surface area contributed by atoms with Crippen molar-refractivity contribution in [3.8, 4) is 0 Å². The molecule has 5 nitrogen and oxygen atoms in total. The molecule has 134 valence electrons. The molecule has 3 rings (SSSR count). The van der Waals surface area contributed by atoms with E-state index in [1.807, 2.05) is 30.3 Å². The maximum absolute atomic E-state index is 12.3. The van der Waals surface area contributed by atoms with Crippen LogP contribution in [0.15, 0.2) is 54.6 Å². The van der Waals surface area contributed by atoms with Crippen molar-refractivity contribution in [2.24, 2.45) is 0 Å². The van der Waals surface area contributed by atoms with Crippen LogP contribution in [-0.2, 0) is 10.3 Å². The van der Waals surface area contributed by atoms with Gasteiger partial charge in [-0.15, -0.1) is 11.3 Å². The molecule has 0 aliphatic heterocycles. The Hall–Kier alpha value is -2.70. The Morgan fingerprint density at radius 1 is 1.12 bits per heavy atom. The number of nitrogens with one attached hydrogen (secondary N) is 1. The second-order valence-electron chi connectivity index (χ2n) is 6.17. The van der Waals surface area contributed by atoms with Crippen LogP contribution < -0.4 is 5.32 Å². The van der Waals surface area contributed by atoms with Gasteiger partial charge in [0.05, 0.1) is 19.2 Å². The highest BCUT2D eigenvalue weighted by Crippen LogP contribution is 2.32. The first-order chi connectivity index (χ1) is 12.4. The van der Waals surface area contributed by atoms with Gasteiger partial charge in [0.15, 0.2) is 0 Å². The molecule has 0 saturated carbocycles. The second-order valence-corrected chi connectivity index (χ2v) is 7.26. The Labute approximate surface area is 155 Å². The maximum atomic E-state index is 12.3. The Balaban J connectivity index is 1.68. The van der Waals surface area contributed by atoms with E-state index in [0.717, 1.165) is 15.0 Å². The van der Waals surface area contributed by atoms with Crippen LogP contribution in [-0.4, -0.2) is 30.6 Å². The molecule has 1 atom stereocenters. The van der Waals surface area contributed by atoms with Crippen molar-refractivity contribution in [3.63, 3.8) is 0 Å². The Morgan fingerprint density at radius 2 is 1.77 bits per heavy atom. The predicted octanol–water partition coefficient (Wildman–Crippen LogP) is 3.33. The highest BCUT2D eigenvalue weighted by Gasteiger charge is 2.26. The number of ether oxygens (including phenoxy) is 1. The summed E-state index contributed by atoms with van der Waals surface area (Å²) in [5, 5.41) is 14.6. The van der Waals surface area contributed by atoms with Gasteiger partial charge in [-0.25, -0.2) is 4.79 Å². The number of methoxy groups -OCH3 is 1. The zero-order valence-corrected chi connectivity index (χ0v) is 15.3. The molecule has 0 aliphatic rings. The largest absolute Gasteiger partial charge is 0.465 e. The van der Waals surface area contributed by atoms with Gasteiger partial charge in [0.25, 0.3) is 5.91 Å². The van der Waals surface area contributed by atoms with Gasteiger partial charge < -0.3 is 15.2 Å². The molecule has 2 N–H and O–H groups in total. The minimum atomic E-state index is -1.18. The highest BCUT2D eigenvalue weighted by molar-refractivity contribution is 7.19. The molecule has 3 aromatic rings. The van der Waals surface area contributed by atoms with E-state index in [4.69, 9.17) is 0 Å². The fraction of sp³-hybridized carbons (Fsp3) is 0.200. The lowest BCUT2D eigenvalue weighted by Crippen LogP contribution is -2.38. The van der Waals surface area contributed by atoms with Crippen molar-refractivity contribution in [1.82, 2.24) is 5.32 Å². The molecule has 1 heterocycles. The van der Waals surface area contributed by atoms with Crippen molar-refractivity contribution in [3.05, 3.63) is 70.6 Å².